The van der Waals surface area contributed by atoms with Crippen molar-refractivity contribution in [2.45, 2.75) is 25.1 Å². The van der Waals surface area contributed by atoms with E-state index in [0.717, 1.165) is 18.3 Å². The first-order valence-electron chi connectivity index (χ1n) is 6.29. The Morgan fingerprint density at radius 3 is 3.24 bits per heavy atom. The molecule has 2 heterocycles. The Hall–Kier alpha value is -0.740. The van der Waals surface area contributed by atoms with Crippen LogP contribution >= 0.6 is 11.8 Å². The van der Waals surface area contributed by atoms with E-state index in [9.17, 15) is 0 Å². The van der Waals surface area contributed by atoms with Gasteiger partial charge in [0.05, 0.1) is 0 Å². The summed E-state index contributed by atoms with van der Waals surface area (Å²) in [6.07, 6.45) is 5.14. The van der Waals surface area contributed by atoms with E-state index in [2.05, 4.69) is 40.0 Å². The van der Waals surface area contributed by atoms with E-state index in [1.165, 1.54) is 30.0 Å². The fraction of sp³-hybridized carbons (Fsp3) is 0.615. The average molecular weight is 251 g/mol. The molecule has 0 spiro atoms. The lowest BCUT2D eigenvalue weighted by molar-refractivity contribution is 0.718. The maximum absolute atomic E-state index is 4.23. The Morgan fingerprint density at radius 1 is 1.59 bits per heavy atom. The van der Waals surface area contributed by atoms with Crippen LogP contribution < -0.4 is 10.2 Å². The highest BCUT2D eigenvalue weighted by Crippen LogP contribution is 2.27. The number of anilines is 1. The van der Waals surface area contributed by atoms with Crippen LogP contribution in [-0.2, 0) is 6.54 Å². The highest BCUT2D eigenvalue weighted by Gasteiger charge is 2.20. The van der Waals surface area contributed by atoms with Gasteiger partial charge in [-0.1, -0.05) is 6.92 Å². The van der Waals surface area contributed by atoms with Gasteiger partial charge in [-0.25, -0.2) is 0 Å². The molecule has 1 unspecified atom stereocenters. The molecule has 0 saturated carbocycles. The molecule has 0 aromatic carbocycles. The summed E-state index contributed by atoms with van der Waals surface area (Å²) in [4.78, 5) is 6.74. The van der Waals surface area contributed by atoms with Crippen LogP contribution in [0.15, 0.2) is 18.5 Å². The van der Waals surface area contributed by atoms with E-state index < -0.39 is 0 Å². The van der Waals surface area contributed by atoms with Crippen LogP contribution in [0.5, 0.6) is 0 Å². The van der Waals surface area contributed by atoms with Crippen molar-refractivity contribution in [3.05, 3.63) is 24.0 Å². The van der Waals surface area contributed by atoms with Gasteiger partial charge in [-0.05, 0) is 19.5 Å². The number of pyridine rings is 1. The minimum absolute atomic E-state index is 0.777. The molecule has 1 atom stereocenters. The van der Waals surface area contributed by atoms with Gasteiger partial charge in [0.1, 0.15) is 0 Å². The SMILES string of the molecule is CCC1CN(c2ccncc2CNC)CCS1. The second-order valence-corrected chi connectivity index (χ2v) is 5.79. The Kier molecular flexibility index (Phi) is 4.68. The molecule has 1 aliphatic heterocycles. The Balaban J connectivity index is 2.15. The average Bonchev–Trinajstić information content (AvgIpc) is 2.40. The van der Waals surface area contributed by atoms with Gasteiger partial charge in [0.15, 0.2) is 0 Å². The van der Waals surface area contributed by atoms with Crippen LogP contribution in [0, 0.1) is 0 Å². The van der Waals surface area contributed by atoms with Crippen molar-refractivity contribution in [3.8, 4) is 0 Å². The molecule has 1 saturated heterocycles. The molecule has 0 radical (unpaired) electrons. The lowest BCUT2D eigenvalue weighted by Gasteiger charge is -2.34. The van der Waals surface area contributed by atoms with Crippen LogP contribution in [0.3, 0.4) is 0 Å². The van der Waals surface area contributed by atoms with E-state index in [4.69, 9.17) is 0 Å². The molecule has 94 valence electrons. The topological polar surface area (TPSA) is 28.2 Å². The molecule has 0 amide bonds. The lowest BCUT2D eigenvalue weighted by Crippen LogP contribution is -2.38. The molecular formula is C13H21N3S. The standard InChI is InChI=1S/C13H21N3S/c1-3-12-10-16(6-7-17-12)13-4-5-15-9-11(13)8-14-2/h4-5,9,12,14H,3,6-8,10H2,1-2H3. The van der Waals surface area contributed by atoms with Crippen molar-refractivity contribution >= 4 is 17.4 Å². The van der Waals surface area contributed by atoms with Gasteiger partial charge in [0, 0.05) is 54.3 Å². The molecule has 17 heavy (non-hydrogen) atoms. The molecule has 1 aromatic rings. The van der Waals surface area contributed by atoms with E-state index >= 15 is 0 Å². The number of rotatable bonds is 4. The zero-order valence-electron chi connectivity index (χ0n) is 10.6. The predicted octanol–water partition coefficient (Wildman–Crippen LogP) is 2.13. The van der Waals surface area contributed by atoms with Gasteiger partial charge in [-0.15, -0.1) is 0 Å². The van der Waals surface area contributed by atoms with Crippen molar-refractivity contribution in [3.63, 3.8) is 0 Å². The number of hydrogen-bond acceptors (Lipinski definition) is 4. The number of thioether (sulfide) groups is 1. The van der Waals surface area contributed by atoms with Crippen LogP contribution in [-0.4, -0.2) is 36.1 Å². The third-order valence-corrected chi connectivity index (χ3v) is 4.55. The first-order valence-corrected chi connectivity index (χ1v) is 7.34. The van der Waals surface area contributed by atoms with Gasteiger partial charge in [-0.2, -0.15) is 11.8 Å². The minimum Gasteiger partial charge on any atom is -0.369 e. The second kappa shape index (κ2) is 6.26. The zero-order chi connectivity index (χ0) is 12.1. The Labute approximate surface area is 108 Å². The second-order valence-electron chi connectivity index (χ2n) is 4.38. The van der Waals surface area contributed by atoms with E-state index in [-0.39, 0.29) is 0 Å². The Morgan fingerprint density at radius 2 is 2.47 bits per heavy atom. The molecule has 1 N–H and O–H groups in total. The molecule has 1 fully saturated rings. The van der Waals surface area contributed by atoms with Gasteiger partial charge in [0.25, 0.3) is 0 Å². The maximum atomic E-state index is 4.23. The van der Waals surface area contributed by atoms with Crippen molar-refractivity contribution in [1.82, 2.24) is 10.3 Å². The quantitative estimate of drug-likeness (QED) is 0.887. The first-order chi connectivity index (χ1) is 8.35. The molecular weight excluding hydrogens is 230 g/mol. The molecule has 2 rings (SSSR count). The molecule has 1 aromatic heterocycles. The highest BCUT2D eigenvalue weighted by atomic mass is 32.2. The van der Waals surface area contributed by atoms with Gasteiger partial charge in [0.2, 0.25) is 0 Å². The third-order valence-electron chi connectivity index (χ3n) is 3.18. The monoisotopic (exact) mass is 251 g/mol. The first kappa shape index (κ1) is 12.7. The van der Waals surface area contributed by atoms with Crippen LogP contribution in [0.25, 0.3) is 0 Å². The summed E-state index contributed by atoms with van der Waals surface area (Å²) < 4.78 is 0. The normalized spacial score (nSPS) is 20.6. The van der Waals surface area contributed by atoms with E-state index in [0.29, 0.717) is 0 Å². The summed E-state index contributed by atoms with van der Waals surface area (Å²) in [6, 6.07) is 2.15. The number of aromatic nitrogens is 1. The summed E-state index contributed by atoms with van der Waals surface area (Å²) in [5, 5.41) is 3.99. The summed E-state index contributed by atoms with van der Waals surface area (Å²) in [6.45, 7) is 5.50. The minimum atomic E-state index is 0.777. The molecule has 0 bridgehead atoms. The lowest BCUT2D eigenvalue weighted by atomic mass is 10.2. The molecule has 4 heteroatoms. The summed E-state index contributed by atoms with van der Waals surface area (Å²) in [7, 11) is 1.98. The molecule has 0 aliphatic carbocycles. The van der Waals surface area contributed by atoms with Crippen LogP contribution in [0.2, 0.25) is 0 Å². The fourth-order valence-corrected chi connectivity index (χ4v) is 3.42. The van der Waals surface area contributed by atoms with E-state index in [1.54, 1.807) is 0 Å². The highest BCUT2D eigenvalue weighted by molar-refractivity contribution is 8.00. The number of nitrogens with zero attached hydrogens (tertiary/aromatic N) is 2. The number of nitrogens with one attached hydrogen (secondary N) is 1. The van der Waals surface area contributed by atoms with Crippen LogP contribution in [0.1, 0.15) is 18.9 Å². The fourth-order valence-electron chi connectivity index (χ4n) is 2.24. The maximum Gasteiger partial charge on any atom is 0.0443 e. The van der Waals surface area contributed by atoms with Crippen molar-refractivity contribution in [2.24, 2.45) is 0 Å². The van der Waals surface area contributed by atoms with Gasteiger partial charge in [-0.3, -0.25) is 4.98 Å². The van der Waals surface area contributed by atoms with Crippen molar-refractivity contribution in [1.29, 1.82) is 0 Å². The summed E-state index contributed by atoms with van der Waals surface area (Å²) in [5.41, 5.74) is 2.66. The number of hydrogen-bond donors (Lipinski definition) is 1. The van der Waals surface area contributed by atoms with Crippen molar-refractivity contribution < 1.29 is 0 Å². The summed E-state index contributed by atoms with van der Waals surface area (Å²) >= 11 is 2.11. The zero-order valence-corrected chi connectivity index (χ0v) is 11.5. The largest absolute Gasteiger partial charge is 0.369 e. The van der Waals surface area contributed by atoms with E-state index in [1.807, 2.05) is 19.4 Å². The van der Waals surface area contributed by atoms with Gasteiger partial charge >= 0.3 is 0 Å². The van der Waals surface area contributed by atoms with Crippen molar-refractivity contribution in [2.75, 3.05) is 30.8 Å². The van der Waals surface area contributed by atoms with Gasteiger partial charge < -0.3 is 10.2 Å². The molecule has 3 nitrogen and oxygen atoms in total. The smallest absolute Gasteiger partial charge is 0.0443 e. The third kappa shape index (κ3) is 3.13. The Bertz CT molecular complexity index is 356. The van der Waals surface area contributed by atoms with Crippen LogP contribution in [0.4, 0.5) is 5.69 Å². The predicted molar refractivity (Wildman–Crippen MR) is 75.8 cm³/mol. The molecule has 1 aliphatic rings. The summed E-state index contributed by atoms with van der Waals surface area (Å²) in [5.74, 6) is 1.24.